The molecule has 0 spiro atoms. The first-order valence-electron chi connectivity index (χ1n) is 4.49. The summed E-state index contributed by atoms with van der Waals surface area (Å²) in [5.74, 6) is 0. The van der Waals surface area contributed by atoms with E-state index in [2.05, 4.69) is 0 Å². The predicted molar refractivity (Wildman–Crippen MR) is 53.1 cm³/mol. The van der Waals surface area contributed by atoms with Crippen LogP contribution in [0, 0.1) is 17.0 Å². The highest BCUT2D eigenvalue weighted by atomic mass is 16.6. The molecule has 1 aromatic carbocycles. The second-order valence-electron chi connectivity index (χ2n) is 3.24. The zero-order valence-electron chi connectivity index (χ0n) is 8.23. The Balaban J connectivity index is 3.21. The number of hydrogen-bond acceptors (Lipinski definition) is 3. The van der Waals surface area contributed by atoms with E-state index in [1.807, 2.05) is 0 Å². The lowest BCUT2D eigenvalue weighted by molar-refractivity contribution is -0.386. The normalized spacial score (nSPS) is 12.5. The Morgan fingerprint density at radius 2 is 2.21 bits per heavy atom. The van der Waals surface area contributed by atoms with Gasteiger partial charge in [0, 0.05) is 6.07 Å². The third-order valence-corrected chi connectivity index (χ3v) is 2.13. The van der Waals surface area contributed by atoms with E-state index in [1.54, 1.807) is 26.0 Å². The van der Waals surface area contributed by atoms with Crippen LogP contribution in [0.5, 0.6) is 0 Å². The van der Waals surface area contributed by atoms with E-state index in [1.165, 1.54) is 6.07 Å². The monoisotopic (exact) mass is 195 g/mol. The Kier molecular flexibility index (Phi) is 3.19. The van der Waals surface area contributed by atoms with Gasteiger partial charge in [-0.3, -0.25) is 10.1 Å². The Hall–Kier alpha value is -1.42. The van der Waals surface area contributed by atoms with Crippen molar-refractivity contribution < 1.29 is 10.0 Å². The van der Waals surface area contributed by atoms with Gasteiger partial charge in [-0.05, 0) is 25.0 Å². The SMILES string of the molecule is CCC(O)c1ccc(C)cc1[N+](=O)[O-]. The van der Waals surface area contributed by atoms with Crippen LogP contribution in [-0.4, -0.2) is 10.0 Å². The molecule has 76 valence electrons. The smallest absolute Gasteiger partial charge is 0.275 e. The number of benzene rings is 1. The number of hydrogen-bond donors (Lipinski definition) is 1. The maximum Gasteiger partial charge on any atom is 0.275 e. The molecule has 1 N–H and O–H groups in total. The van der Waals surface area contributed by atoms with E-state index < -0.39 is 11.0 Å². The zero-order chi connectivity index (χ0) is 10.7. The number of aliphatic hydroxyl groups is 1. The third-order valence-electron chi connectivity index (χ3n) is 2.13. The van der Waals surface area contributed by atoms with Crippen LogP contribution in [0.4, 0.5) is 5.69 Å². The van der Waals surface area contributed by atoms with Gasteiger partial charge in [-0.15, -0.1) is 0 Å². The standard InChI is InChI=1S/C10H13NO3/c1-3-10(12)8-5-4-7(2)6-9(8)11(13)14/h4-6,10,12H,3H2,1-2H3. The molecule has 0 bridgehead atoms. The Bertz CT molecular complexity index is 349. The van der Waals surface area contributed by atoms with Crippen LogP contribution in [0.15, 0.2) is 18.2 Å². The number of aryl methyl sites for hydroxylation is 1. The van der Waals surface area contributed by atoms with Gasteiger partial charge in [0.2, 0.25) is 0 Å². The van der Waals surface area contributed by atoms with Crippen molar-refractivity contribution in [3.05, 3.63) is 39.4 Å². The molecule has 1 aromatic rings. The fourth-order valence-electron chi connectivity index (χ4n) is 1.31. The summed E-state index contributed by atoms with van der Waals surface area (Å²) in [6.07, 6.45) is -0.278. The molecule has 0 aromatic heterocycles. The van der Waals surface area contributed by atoms with Crippen molar-refractivity contribution in [2.24, 2.45) is 0 Å². The van der Waals surface area contributed by atoms with Crippen LogP contribution >= 0.6 is 0 Å². The van der Waals surface area contributed by atoms with E-state index in [0.29, 0.717) is 12.0 Å². The molecule has 0 saturated heterocycles. The van der Waals surface area contributed by atoms with Crippen LogP contribution < -0.4 is 0 Å². The largest absolute Gasteiger partial charge is 0.388 e. The summed E-state index contributed by atoms with van der Waals surface area (Å²) in [6.45, 7) is 3.57. The molecular weight excluding hydrogens is 182 g/mol. The highest BCUT2D eigenvalue weighted by Gasteiger charge is 2.18. The molecule has 14 heavy (non-hydrogen) atoms. The van der Waals surface area contributed by atoms with Crippen molar-refractivity contribution in [1.29, 1.82) is 0 Å². The van der Waals surface area contributed by atoms with Crippen molar-refractivity contribution in [3.8, 4) is 0 Å². The van der Waals surface area contributed by atoms with Crippen LogP contribution in [0.3, 0.4) is 0 Å². The number of nitro groups is 1. The van der Waals surface area contributed by atoms with Crippen molar-refractivity contribution in [3.63, 3.8) is 0 Å². The first-order valence-corrected chi connectivity index (χ1v) is 4.49. The molecule has 1 unspecified atom stereocenters. The molecule has 4 nitrogen and oxygen atoms in total. The summed E-state index contributed by atoms with van der Waals surface area (Å²) in [7, 11) is 0. The van der Waals surface area contributed by atoms with Gasteiger partial charge in [-0.25, -0.2) is 0 Å². The second-order valence-corrected chi connectivity index (χ2v) is 3.24. The van der Waals surface area contributed by atoms with Crippen LogP contribution in [0.2, 0.25) is 0 Å². The molecule has 4 heteroatoms. The summed E-state index contributed by atoms with van der Waals surface area (Å²) in [6, 6.07) is 4.86. The molecule has 0 fully saturated rings. The molecule has 0 radical (unpaired) electrons. The van der Waals surface area contributed by atoms with Gasteiger partial charge < -0.3 is 5.11 Å². The van der Waals surface area contributed by atoms with E-state index >= 15 is 0 Å². The Morgan fingerprint density at radius 1 is 1.57 bits per heavy atom. The minimum absolute atomic E-state index is 0.000602. The average Bonchev–Trinajstić information content (AvgIpc) is 2.16. The summed E-state index contributed by atoms with van der Waals surface area (Å²) in [5, 5.41) is 20.2. The van der Waals surface area contributed by atoms with Crippen molar-refractivity contribution in [2.45, 2.75) is 26.4 Å². The lowest BCUT2D eigenvalue weighted by Gasteiger charge is -2.08. The van der Waals surface area contributed by atoms with Gasteiger partial charge in [-0.2, -0.15) is 0 Å². The average molecular weight is 195 g/mol. The maximum absolute atomic E-state index is 10.7. The van der Waals surface area contributed by atoms with Gasteiger partial charge in [-0.1, -0.05) is 13.0 Å². The summed E-state index contributed by atoms with van der Waals surface area (Å²) in [5.41, 5.74) is 1.21. The van der Waals surface area contributed by atoms with E-state index in [9.17, 15) is 15.2 Å². The van der Waals surface area contributed by atoms with Crippen LogP contribution in [0.25, 0.3) is 0 Å². The summed E-state index contributed by atoms with van der Waals surface area (Å²) in [4.78, 5) is 10.2. The van der Waals surface area contributed by atoms with Crippen LogP contribution in [-0.2, 0) is 0 Å². The van der Waals surface area contributed by atoms with E-state index in [0.717, 1.165) is 5.56 Å². The van der Waals surface area contributed by atoms with E-state index in [-0.39, 0.29) is 5.69 Å². The number of aliphatic hydroxyl groups excluding tert-OH is 1. The number of nitro benzene ring substituents is 1. The van der Waals surface area contributed by atoms with Crippen molar-refractivity contribution in [1.82, 2.24) is 0 Å². The van der Waals surface area contributed by atoms with Gasteiger partial charge in [0.25, 0.3) is 5.69 Å². The predicted octanol–water partition coefficient (Wildman–Crippen LogP) is 2.35. The van der Waals surface area contributed by atoms with Crippen molar-refractivity contribution in [2.75, 3.05) is 0 Å². The molecule has 0 aliphatic carbocycles. The lowest BCUT2D eigenvalue weighted by atomic mass is 10.0. The molecule has 1 rings (SSSR count). The lowest BCUT2D eigenvalue weighted by Crippen LogP contribution is -2.01. The molecule has 0 saturated carbocycles. The molecule has 0 aliphatic heterocycles. The van der Waals surface area contributed by atoms with Gasteiger partial charge in [0.1, 0.15) is 0 Å². The first-order chi connectivity index (χ1) is 6.56. The molecule has 0 amide bonds. The molecular formula is C10H13NO3. The van der Waals surface area contributed by atoms with Gasteiger partial charge >= 0.3 is 0 Å². The highest BCUT2D eigenvalue weighted by Crippen LogP contribution is 2.27. The third kappa shape index (κ3) is 2.09. The van der Waals surface area contributed by atoms with Gasteiger partial charge in [0.15, 0.2) is 0 Å². The quantitative estimate of drug-likeness (QED) is 0.594. The first kappa shape index (κ1) is 10.7. The second kappa shape index (κ2) is 4.19. The molecule has 1 atom stereocenters. The van der Waals surface area contributed by atoms with E-state index in [4.69, 9.17) is 0 Å². The fourth-order valence-corrected chi connectivity index (χ4v) is 1.31. The summed E-state index contributed by atoms with van der Waals surface area (Å²) >= 11 is 0. The van der Waals surface area contributed by atoms with Crippen molar-refractivity contribution >= 4 is 5.69 Å². The molecule has 0 aliphatic rings. The minimum atomic E-state index is -0.754. The van der Waals surface area contributed by atoms with Crippen LogP contribution in [0.1, 0.15) is 30.6 Å². The summed E-state index contributed by atoms with van der Waals surface area (Å²) < 4.78 is 0. The maximum atomic E-state index is 10.7. The topological polar surface area (TPSA) is 63.4 Å². The Labute approximate surface area is 82.3 Å². The number of nitrogens with zero attached hydrogens (tertiary/aromatic N) is 1. The Morgan fingerprint density at radius 3 is 2.71 bits per heavy atom. The van der Waals surface area contributed by atoms with Gasteiger partial charge in [0.05, 0.1) is 16.6 Å². The zero-order valence-corrected chi connectivity index (χ0v) is 8.23. The number of rotatable bonds is 3. The minimum Gasteiger partial charge on any atom is -0.388 e. The highest BCUT2D eigenvalue weighted by molar-refractivity contribution is 5.44. The molecule has 0 heterocycles. The fraction of sp³-hybridized carbons (Fsp3) is 0.400.